The van der Waals surface area contributed by atoms with E-state index in [0.29, 0.717) is 22.7 Å². The Kier molecular flexibility index (Phi) is 5.86. The quantitative estimate of drug-likeness (QED) is 0.667. The van der Waals surface area contributed by atoms with Crippen molar-refractivity contribution in [2.75, 3.05) is 17.7 Å². The van der Waals surface area contributed by atoms with Gasteiger partial charge in [0.2, 0.25) is 0 Å². The van der Waals surface area contributed by atoms with E-state index in [1.807, 2.05) is 0 Å². The number of rotatable bonds is 5. The fourth-order valence-electron chi connectivity index (χ4n) is 2.44. The van der Waals surface area contributed by atoms with Crippen LogP contribution in [0, 0.1) is 5.82 Å². The van der Waals surface area contributed by atoms with Crippen molar-refractivity contribution >= 4 is 34.8 Å². The second kappa shape index (κ2) is 8.49. The minimum absolute atomic E-state index is 0.00446. The van der Waals surface area contributed by atoms with Gasteiger partial charge in [-0.3, -0.25) is 14.6 Å². The van der Waals surface area contributed by atoms with Crippen LogP contribution in [-0.4, -0.2) is 23.9 Å². The number of halogens is 2. The maximum absolute atomic E-state index is 13.1. The third kappa shape index (κ3) is 4.44. The van der Waals surface area contributed by atoms with Crippen LogP contribution in [0.5, 0.6) is 5.75 Å². The highest BCUT2D eigenvalue weighted by Gasteiger charge is 2.14. The van der Waals surface area contributed by atoms with Crippen molar-refractivity contribution in [2.24, 2.45) is 0 Å². The Hall–Kier alpha value is -3.45. The van der Waals surface area contributed by atoms with Crippen molar-refractivity contribution in [1.29, 1.82) is 0 Å². The fourth-order valence-corrected chi connectivity index (χ4v) is 2.69. The van der Waals surface area contributed by atoms with Crippen LogP contribution in [0.2, 0.25) is 5.02 Å². The van der Waals surface area contributed by atoms with Crippen molar-refractivity contribution in [3.8, 4) is 5.75 Å². The molecule has 3 aromatic rings. The molecular weight excluding hydrogens is 385 g/mol. The van der Waals surface area contributed by atoms with E-state index in [2.05, 4.69) is 15.6 Å². The van der Waals surface area contributed by atoms with Crippen molar-refractivity contribution in [3.05, 3.63) is 82.9 Å². The standard InChI is InChI=1S/C20H15ClFN3O3/c1-28-18-10-14(24-20(27)15-6-4-13(22)9-16(15)21)5-7-17(18)25-19(26)12-3-2-8-23-11-12/h2-11H,1H3,(H,24,27)(H,25,26). The average Bonchev–Trinajstić information content (AvgIpc) is 2.69. The molecule has 1 aromatic heterocycles. The van der Waals surface area contributed by atoms with Crippen LogP contribution in [-0.2, 0) is 0 Å². The molecule has 0 radical (unpaired) electrons. The fraction of sp³-hybridized carbons (Fsp3) is 0.0500. The summed E-state index contributed by atoms with van der Waals surface area (Å²) in [5.41, 5.74) is 1.37. The molecule has 0 unspecified atom stereocenters. The van der Waals surface area contributed by atoms with Gasteiger partial charge in [-0.05, 0) is 42.5 Å². The lowest BCUT2D eigenvalue weighted by atomic mass is 10.2. The molecular formula is C20H15ClFN3O3. The monoisotopic (exact) mass is 399 g/mol. The first-order valence-electron chi connectivity index (χ1n) is 8.14. The van der Waals surface area contributed by atoms with Gasteiger partial charge in [0, 0.05) is 24.1 Å². The molecule has 0 fully saturated rings. The first-order chi connectivity index (χ1) is 13.5. The van der Waals surface area contributed by atoms with Gasteiger partial charge < -0.3 is 15.4 Å². The molecule has 0 saturated carbocycles. The van der Waals surface area contributed by atoms with E-state index < -0.39 is 11.7 Å². The number of methoxy groups -OCH3 is 1. The summed E-state index contributed by atoms with van der Waals surface area (Å²) in [5, 5.41) is 5.39. The number of nitrogens with one attached hydrogen (secondary N) is 2. The van der Waals surface area contributed by atoms with Crippen LogP contribution >= 0.6 is 11.6 Å². The Labute approximate surface area is 165 Å². The molecule has 6 nitrogen and oxygen atoms in total. The molecule has 28 heavy (non-hydrogen) atoms. The number of aromatic nitrogens is 1. The van der Waals surface area contributed by atoms with Gasteiger partial charge in [0.25, 0.3) is 11.8 Å². The molecule has 142 valence electrons. The van der Waals surface area contributed by atoms with Gasteiger partial charge >= 0.3 is 0 Å². The number of pyridine rings is 1. The Balaban J connectivity index is 1.77. The highest BCUT2D eigenvalue weighted by molar-refractivity contribution is 6.34. The summed E-state index contributed by atoms with van der Waals surface area (Å²) < 4.78 is 18.4. The van der Waals surface area contributed by atoms with Gasteiger partial charge in [-0.1, -0.05) is 11.6 Å². The molecule has 0 atom stereocenters. The molecule has 1 heterocycles. The van der Waals surface area contributed by atoms with Gasteiger partial charge in [0.05, 0.1) is 28.9 Å². The third-order valence-corrected chi connectivity index (χ3v) is 4.12. The van der Waals surface area contributed by atoms with Crippen LogP contribution < -0.4 is 15.4 Å². The number of carbonyl (C=O) groups is 2. The summed E-state index contributed by atoms with van der Waals surface area (Å²) in [4.78, 5) is 28.5. The van der Waals surface area contributed by atoms with E-state index >= 15 is 0 Å². The van der Waals surface area contributed by atoms with Crippen molar-refractivity contribution in [2.45, 2.75) is 0 Å². The number of anilines is 2. The SMILES string of the molecule is COc1cc(NC(=O)c2ccc(F)cc2Cl)ccc1NC(=O)c1cccnc1. The molecule has 2 amide bonds. The second-order valence-corrected chi connectivity index (χ2v) is 6.10. The van der Waals surface area contributed by atoms with E-state index in [9.17, 15) is 14.0 Å². The molecule has 3 rings (SSSR count). The summed E-state index contributed by atoms with van der Waals surface area (Å²) in [7, 11) is 1.44. The Morgan fingerprint density at radius 2 is 1.89 bits per heavy atom. The molecule has 0 aliphatic carbocycles. The zero-order valence-electron chi connectivity index (χ0n) is 14.7. The van der Waals surface area contributed by atoms with E-state index in [1.165, 1.54) is 19.4 Å². The van der Waals surface area contributed by atoms with E-state index in [4.69, 9.17) is 16.3 Å². The second-order valence-electron chi connectivity index (χ2n) is 5.69. The summed E-state index contributed by atoms with van der Waals surface area (Å²) in [6.07, 6.45) is 3.02. The van der Waals surface area contributed by atoms with Crippen LogP contribution in [0.4, 0.5) is 15.8 Å². The zero-order chi connectivity index (χ0) is 20.1. The molecule has 8 heteroatoms. The molecule has 0 saturated heterocycles. The Bertz CT molecular complexity index is 1030. The topological polar surface area (TPSA) is 80.3 Å². The largest absolute Gasteiger partial charge is 0.494 e. The van der Waals surface area contributed by atoms with Crippen molar-refractivity contribution < 1.29 is 18.7 Å². The molecule has 0 spiro atoms. The summed E-state index contributed by atoms with van der Waals surface area (Å²) in [6, 6.07) is 11.5. The van der Waals surface area contributed by atoms with Gasteiger partial charge in [-0.25, -0.2) is 4.39 Å². The lowest BCUT2D eigenvalue weighted by molar-refractivity contribution is 0.101. The predicted molar refractivity (Wildman–Crippen MR) is 105 cm³/mol. The Morgan fingerprint density at radius 1 is 1.07 bits per heavy atom. The number of benzene rings is 2. The number of amides is 2. The van der Waals surface area contributed by atoms with Crippen LogP contribution in [0.1, 0.15) is 20.7 Å². The normalized spacial score (nSPS) is 10.2. The van der Waals surface area contributed by atoms with Crippen LogP contribution in [0.3, 0.4) is 0 Å². The highest BCUT2D eigenvalue weighted by Crippen LogP contribution is 2.29. The first-order valence-corrected chi connectivity index (χ1v) is 8.51. The van der Waals surface area contributed by atoms with Crippen LogP contribution in [0.15, 0.2) is 60.9 Å². The van der Waals surface area contributed by atoms with Crippen molar-refractivity contribution in [1.82, 2.24) is 4.98 Å². The zero-order valence-corrected chi connectivity index (χ0v) is 15.5. The third-order valence-electron chi connectivity index (χ3n) is 3.81. The van der Waals surface area contributed by atoms with Gasteiger partial charge in [0.1, 0.15) is 11.6 Å². The van der Waals surface area contributed by atoms with Gasteiger partial charge in [-0.2, -0.15) is 0 Å². The van der Waals surface area contributed by atoms with Gasteiger partial charge in [-0.15, -0.1) is 0 Å². The smallest absolute Gasteiger partial charge is 0.257 e. The summed E-state index contributed by atoms with van der Waals surface area (Å²) >= 11 is 5.91. The highest BCUT2D eigenvalue weighted by atomic mass is 35.5. The van der Waals surface area contributed by atoms with Gasteiger partial charge in [0.15, 0.2) is 0 Å². The first kappa shape index (κ1) is 19.3. The maximum Gasteiger partial charge on any atom is 0.257 e. The van der Waals surface area contributed by atoms with Crippen molar-refractivity contribution in [3.63, 3.8) is 0 Å². The number of ether oxygens (including phenoxy) is 1. The summed E-state index contributed by atoms with van der Waals surface area (Å²) in [6.45, 7) is 0. The molecule has 2 N–H and O–H groups in total. The Morgan fingerprint density at radius 3 is 2.57 bits per heavy atom. The lowest BCUT2D eigenvalue weighted by Gasteiger charge is -2.13. The molecule has 0 aliphatic heterocycles. The maximum atomic E-state index is 13.1. The average molecular weight is 400 g/mol. The number of nitrogens with zero attached hydrogens (tertiary/aromatic N) is 1. The van der Waals surface area contributed by atoms with E-state index in [0.717, 1.165) is 12.1 Å². The summed E-state index contributed by atoms with van der Waals surface area (Å²) in [5.74, 6) is -1.03. The van der Waals surface area contributed by atoms with E-state index in [1.54, 1.807) is 36.5 Å². The minimum Gasteiger partial charge on any atom is -0.494 e. The number of hydrogen-bond acceptors (Lipinski definition) is 4. The van der Waals surface area contributed by atoms with Crippen LogP contribution in [0.25, 0.3) is 0 Å². The predicted octanol–water partition coefficient (Wildman–Crippen LogP) is 4.39. The molecule has 0 bridgehead atoms. The number of hydrogen-bond donors (Lipinski definition) is 2. The van der Waals surface area contributed by atoms with E-state index in [-0.39, 0.29) is 16.5 Å². The molecule has 0 aliphatic rings. The lowest BCUT2D eigenvalue weighted by Crippen LogP contribution is -2.14. The minimum atomic E-state index is -0.531. The number of carbonyl (C=O) groups excluding carboxylic acids is 2. The molecule has 2 aromatic carbocycles.